The maximum atomic E-state index is 12.0. The zero-order chi connectivity index (χ0) is 12.5. The predicted octanol–water partition coefficient (Wildman–Crippen LogP) is 0.712. The Kier molecular flexibility index (Phi) is 5.86. The minimum absolute atomic E-state index is 0. The standard InChI is InChI=1S/C11H23N3O2S.ClH/c1-9-3-2-6-14(8-9)17(15,16)13-7-11(12)10-4-5-10;/h9-11,13H,2-8,12H2,1H3;1H. The third kappa shape index (κ3) is 4.35. The van der Waals surface area contributed by atoms with E-state index < -0.39 is 10.2 Å². The molecule has 1 heterocycles. The minimum Gasteiger partial charge on any atom is -0.326 e. The van der Waals surface area contributed by atoms with Gasteiger partial charge in [-0.2, -0.15) is 12.7 Å². The fourth-order valence-electron chi connectivity index (χ4n) is 2.35. The quantitative estimate of drug-likeness (QED) is 0.785. The summed E-state index contributed by atoms with van der Waals surface area (Å²) in [5.41, 5.74) is 5.90. The van der Waals surface area contributed by atoms with Crippen molar-refractivity contribution in [1.29, 1.82) is 0 Å². The van der Waals surface area contributed by atoms with Crippen molar-refractivity contribution in [3.63, 3.8) is 0 Å². The lowest BCUT2D eigenvalue weighted by atomic mass is 10.0. The molecule has 0 spiro atoms. The third-order valence-corrected chi connectivity index (χ3v) is 5.23. The van der Waals surface area contributed by atoms with Crippen molar-refractivity contribution in [3.8, 4) is 0 Å². The van der Waals surface area contributed by atoms with Gasteiger partial charge >= 0.3 is 0 Å². The molecule has 0 aromatic heterocycles. The fourth-order valence-corrected chi connectivity index (χ4v) is 3.75. The van der Waals surface area contributed by atoms with Crippen molar-refractivity contribution in [2.24, 2.45) is 17.6 Å². The van der Waals surface area contributed by atoms with Gasteiger partial charge in [0.15, 0.2) is 0 Å². The lowest BCUT2D eigenvalue weighted by molar-refractivity contribution is 0.278. The van der Waals surface area contributed by atoms with Gasteiger partial charge in [-0.3, -0.25) is 0 Å². The first-order valence-corrected chi connectivity index (χ1v) is 7.93. The fraction of sp³-hybridized carbons (Fsp3) is 1.00. The highest BCUT2D eigenvalue weighted by Gasteiger charge is 2.31. The first-order valence-electron chi connectivity index (χ1n) is 6.49. The van der Waals surface area contributed by atoms with E-state index in [9.17, 15) is 8.42 Å². The number of piperidine rings is 1. The second-order valence-electron chi connectivity index (χ2n) is 5.46. The average molecular weight is 298 g/mol. The highest BCUT2D eigenvalue weighted by atomic mass is 35.5. The van der Waals surface area contributed by atoms with E-state index in [1.165, 1.54) is 0 Å². The van der Waals surface area contributed by atoms with Crippen LogP contribution < -0.4 is 10.5 Å². The molecule has 1 aliphatic heterocycles. The Labute approximate surface area is 116 Å². The minimum atomic E-state index is -3.31. The number of nitrogens with one attached hydrogen (secondary N) is 1. The molecule has 2 rings (SSSR count). The maximum Gasteiger partial charge on any atom is 0.279 e. The number of nitrogens with zero attached hydrogens (tertiary/aromatic N) is 1. The third-order valence-electron chi connectivity index (χ3n) is 3.69. The van der Waals surface area contributed by atoms with Gasteiger partial charge in [-0.05, 0) is 37.5 Å². The summed E-state index contributed by atoms with van der Waals surface area (Å²) >= 11 is 0. The summed E-state index contributed by atoms with van der Waals surface area (Å²) in [6.07, 6.45) is 4.36. The lowest BCUT2D eigenvalue weighted by Crippen LogP contribution is -2.48. The number of rotatable bonds is 5. The van der Waals surface area contributed by atoms with E-state index in [-0.39, 0.29) is 18.4 Å². The van der Waals surface area contributed by atoms with E-state index in [0.29, 0.717) is 31.5 Å². The SMILES string of the molecule is CC1CCCN(S(=O)(=O)NCC(N)C2CC2)C1.Cl. The Hall–Kier alpha value is 0.120. The summed E-state index contributed by atoms with van der Waals surface area (Å²) < 4.78 is 28.3. The van der Waals surface area contributed by atoms with Gasteiger partial charge in [0.1, 0.15) is 0 Å². The van der Waals surface area contributed by atoms with Gasteiger partial charge in [-0.1, -0.05) is 6.92 Å². The summed E-state index contributed by atoms with van der Waals surface area (Å²) in [7, 11) is -3.31. The number of hydrogen-bond acceptors (Lipinski definition) is 3. The summed E-state index contributed by atoms with van der Waals surface area (Å²) in [6, 6.07) is -0.0213. The van der Waals surface area contributed by atoms with Crippen molar-refractivity contribution in [1.82, 2.24) is 9.03 Å². The van der Waals surface area contributed by atoms with E-state index in [2.05, 4.69) is 11.6 Å². The molecule has 1 saturated heterocycles. The Morgan fingerprint density at radius 2 is 2.06 bits per heavy atom. The van der Waals surface area contributed by atoms with Gasteiger partial charge in [0, 0.05) is 25.7 Å². The Morgan fingerprint density at radius 3 is 2.61 bits per heavy atom. The predicted molar refractivity (Wildman–Crippen MR) is 74.8 cm³/mol. The van der Waals surface area contributed by atoms with E-state index in [1.54, 1.807) is 4.31 Å². The molecule has 108 valence electrons. The van der Waals surface area contributed by atoms with Crippen LogP contribution in [0.3, 0.4) is 0 Å². The molecule has 18 heavy (non-hydrogen) atoms. The van der Waals surface area contributed by atoms with Crippen LogP contribution in [0.15, 0.2) is 0 Å². The number of halogens is 1. The molecule has 0 bridgehead atoms. The van der Waals surface area contributed by atoms with Crippen molar-refractivity contribution in [2.75, 3.05) is 19.6 Å². The first kappa shape index (κ1) is 16.2. The average Bonchev–Trinajstić information content (AvgIpc) is 3.10. The molecule has 0 radical (unpaired) electrons. The molecule has 2 atom stereocenters. The van der Waals surface area contributed by atoms with Crippen LogP contribution in [0, 0.1) is 11.8 Å². The molecular weight excluding hydrogens is 274 g/mol. The van der Waals surface area contributed by atoms with Gasteiger partial charge in [0.2, 0.25) is 0 Å². The smallest absolute Gasteiger partial charge is 0.279 e. The zero-order valence-corrected chi connectivity index (χ0v) is 12.5. The van der Waals surface area contributed by atoms with Gasteiger partial charge in [0.25, 0.3) is 10.2 Å². The van der Waals surface area contributed by atoms with Crippen molar-refractivity contribution in [3.05, 3.63) is 0 Å². The lowest BCUT2D eigenvalue weighted by Gasteiger charge is -2.30. The Morgan fingerprint density at radius 1 is 1.39 bits per heavy atom. The van der Waals surface area contributed by atoms with E-state index in [4.69, 9.17) is 5.73 Å². The molecule has 0 aromatic rings. The van der Waals surface area contributed by atoms with Crippen LogP contribution in [0.25, 0.3) is 0 Å². The van der Waals surface area contributed by atoms with Crippen LogP contribution in [0.4, 0.5) is 0 Å². The largest absolute Gasteiger partial charge is 0.326 e. The zero-order valence-electron chi connectivity index (χ0n) is 10.8. The molecule has 2 aliphatic rings. The summed E-state index contributed by atoms with van der Waals surface area (Å²) in [5.74, 6) is 0.982. The highest BCUT2D eigenvalue weighted by Crippen LogP contribution is 2.31. The number of hydrogen-bond donors (Lipinski definition) is 2. The number of nitrogens with two attached hydrogens (primary N) is 1. The molecule has 3 N–H and O–H groups in total. The van der Waals surface area contributed by atoms with Crippen LogP contribution in [0.1, 0.15) is 32.6 Å². The summed E-state index contributed by atoms with van der Waals surface area (Å²) in [5, 5.41) is 0. The summed E-state index contributed by atoms with van der Waals surface area (Å²) in [4.78, 5) is 0. The molecule has 5 nitrogen and oxygen atoms in total. The van der Waals surface area contributed by atoms with E-state index >= 15 is 0 Å². The molecule has 0 aromatic carbocycles. The van der Waals surface area contributed by atoms with E-state index in [1.807, 2.05) is 0 Å². The maximum absolute atomic E-state index is 12.0. The van der Waals surface area contributed by atoms with Crippen LogP contribution in [0.5, 0.6) is 0 Å². The molecule has 2 unspecified atom stereocenters. The molecule has 0 amide bonds. The highest BCUT2D eigenvalue weighted by molar-refractivity contribution is 7.87. The van der Waals surface area contributed by atoms with Crippen LogP contribution in [0.2, 0.25) is 0 Å². The first-order chi connectivity index (χ1) is 7.99. The molecule has 7 heteroatoms. The second kappa shape index (κ2) is 6.52. The summed E-state index contributed by atoms with van der Waals surface area (Å²) in [6.45, 7) is 3.74. The topological polar surface area (TPSA) is 75.4 Å². The second-order valence-corrected chi connectivity index (χ2v) is 7.22. The van der Waals surface area contributed by atoms with Crippen molar-refractivity contribution >= 4 is 22.6 Å². The molecule has 1 aliphatic carbocycles. The van der Waals surface area contributed by atoms with Crippen LogP contribution in [-0.4, -0.2) is 38.4 Å². The van der Waals surface area contributed by atoms with Crippen molar-refractivity contribution < 1.29 is 8.42 Å². The van der Waals surface area contributed by atoms with Crippen molar-refractivity contribution in [2.45, 2.75) is 38.6 Å². The Bertz CT molecular complexity index is 359. The monoisotopic (exact) mass is 297 g/mol. The van der Waals surface area contributed by atoms with Crippen LogP contribution >= 0.6 is 12.4 Å². The van der Waals surface area contributed by atoms with Gasteiger partial charge in [-0.15, -0.1) is 12.4 Å². The van der Waals surface area contributed by atoms with E-state index in [0.717, 1.165) is 25.7 Å². The molecule has 2 fully saturated rings. The Balaban J connectivity index is 0.00000162. The normalized spacial score (nSPS) is 27.6. The van der Waals surface area contributed by atoms with Gasteiger partial charge < -0.3 is 5.73 Å². The van der Waals surface area contributed by atoms with Crippen LogP contribution in [-0.2, 0) is 10.2 Å². The van der Waals surface area contributed by atoms with Gasteiger partial charge in [0.05, 0.1) is 0 Å². The molecular formula is C11H24ClN3O2S. The van der Waals surface area contributed by atoms with Gasteiger partial charge in [-0.25, -0.2) is 4.72 Å². The molecule has 1 saturated carbocycles.